The maximum Gasteiger partial charge on any atom is 0.227 e. The Kier molecular flexibility index (Phi) is 5.56. The lowest BCUT2D eigenvalue weighted by molar-refractivity contribution is -0.118. The molecule has 0 fully saturated rings. The molecule has 1 amide bonds. The molecule has 0 unspecified atom stereocenters. The zero-order valence-corrected chi connectivity index (χ0v) is 15.5. The molecule has 3 N–H and O–H groups in total. The van der Waals surface area contributed by atoms with Crippen molar-refractivity contribution in [2.24, 2.45) is 10.7 Å². The zero-order valence-electron chi connectivity index (χ0n) is 15.5. The number of carbonyl (C=O) groups excluding carboxylic acids is 1. The number of nitrogens with two attached hydrogens (primary N) is 1. The lowest BCUT2D eigenvalue weighted by Crippen LogP contribution is -2.28. The van der Waals surface area contributed by atoms with Crippen LogP contribution in [0.5, 0.6) is 0 Å². The van der Waals surface area contributed by atoms with Gasteiger partial charge in [0.05, 0.1) is 0 Å². The van der Waals surface area contributed by atoms with E-state index in [1.807, 2.05) is 49.1 Å². The molecular formula is C21H26N4O. The van der Waals surface area contributed by atoms with E-state index in [4.69, 9.17) is 5.73 Å². The van der Waals surface area contributed by atoms with Gasteiger partial charge in [0.2, 0.25) is 5.91 Å². The van der Waals surface area contributed by atoms with Gasteiger partial charge in [-0.2, -0.15) is 0 Å². The fraction of sp³-hybridized carbons (Fsp3) is 0.333. The van der Waals surface area contributed by atoms with Crippen LogP contribution in [0.1, 0.15) is 29.5 Å². The van der Waals surface area contributed by atoms with Crippen LogP contribution in [0.15, 0.2) is 47.5 Å². The van der Waals surface area contributed by atoms with Gasteiger partial charge in [-0.1, -0.05) is 24.3 Å². The number of hydrogen-bond donors (Lipinski definition) is 2. The number of rotatable bonds is 5. The van der Waals surface area contributed by atoms with E-state index in [1.54, 1.807) is 0 Å². The molecular weight excluding hydrogens is 324 g/mol. The minimum atomic E-state index is 0.158. The van der Waals surface area contributed by atoms with Gasteiger partial charge in [-0.15, -0.1) is 0 Å². The van der Waals surface area contributed by atoms with Crippen molar-refractivity contribution in [2.45, 2.75) is 33.1 Å². The van der Waals surface area contributed by atoms with E-state index in [1.165, 1.54) is 16.7 Å². The third-order valence-corrected chi connectivity index (χ3v) is 4.51. The third kappa shape index (κ3) is 4.42. The first-order valence-corrected chi connectivity index (χ1v) is 9.06. The van der Waals surface area contributed by atoms with Crippen LogP contribution in [0.25, 0.3) is 0 Å². The van der Waals surface area contributed by atoms with Gasteiger partial charge in [0, 0.05) is 30.9 Å². The monoisotopic (exact) mass is 350 g/mol. The van der Waals surface area contributed by atoms with Crippen LogP contribution in [0.2, 0.25) is 0 Å². The minimum Gasteiger partial charge on any atom is -0.370 e. The van der Waals surface area contributed by atoms with Gasteiger partial charge in [0.1, 0.15) is 0 Å². The Bertz CT molecular complexity index is 808. The van der Waals surface area contributed by atoms with E-state index in [0.717, 1.165) is 24.3 Å². The van der Waals surface area contributed by atoms with E-state index in [0.29, 0.717) is 25.3 Å². The van der Waals surface area contributed by atoms with Crippen LogP contribution >= 0.6 is 0 Å². The molecule has 1 aliphatic heterocycles. The van der Waals surface area contributed by atoms with Gasteiger partial charge in [-0.3, -0.25) is 9.79 Å². The highest BCUT2D eigenvalue weighted by molar-refractivity contribution is 5.95. The maximum absolute atomic E-state index is 12.4. The highest BCUT2D eigenvalue weighted by atomic mass is 16.2. The molecule has 0 radical (unpaired) electrons. The molecule has 26 heavy (non-hydrogen) atoms. The number of benzene rings is 2. The Morgan fingerprint density at radius 1 is 1.19 bits per heavy atom. The van der Waals surface area contributed by atoms with Gasteiger partial charge in [0.25, 0.3) is 0 Å². The van der Waals surface area contributed by atoms with Gasteiger partial charge in [-0.25, -0.2) is 0 Å². The van der Waals surface area contributed by atoms with Gasteiger partial charge >= 0.3 is 0 Å². The molecule has 0 atom stereocenters. The summed E-state index contributed by atoms with van der Waals surface area (Å²) in [5, 5.41) is 3.11. The molecule has 0 saturated heterocycles. The number of carbonyl (C=O) groups is 1. The first kappa shape index (κ1) is 18.0. The summed E-state index contributed by atoms with van der Waals surface area (Å²) < 4.78 is 0. The van der Waals surface area contributed by atoms with Crippen molar-refractivity contribution >= 4 is 23.2 Å². The first-order valence-electron chi connectivity index (χ1n) is 9.06. The number of fused-ring (bicyclic) bond motifs is 1. The molecule has 2 aromatic rings. The molecule has 2 aromatic carbocycles. The fourth-order valence-corrected chi connectivity index (χ4v) is 3.40. The lowest BCUT2D eigenvalue weighted by atomic mass is 10.1. The molecule has 0 bridgehead atoms. The first-order chi connectivity index (χ1) is 12.5. The Morgan fingerprint density at radius 2 is 1.92 bits per heavy atom. The molecule has 5 heteroatoms. The van der Waals surface area contributed by atoms with Crippen LogP contribution in [0.3, 0.4) is 0 Å². The molecule has 136 valence electrons. The number of anilines is 2. The van der Waals surface area contributed by atoms with E-state index in [2.05, 4.69) is 22.4 Å². The fourth-order valence-electron chi connectivity index (χ4n) is 3.40. The van der Waals surface area contributed by atoms with E-state index in [9.17, 15) is 4.79 Å². The standard InChI is InChI=1S/C21H26N4O/c1-15-12-16(2)14-18(13-15)24-21(22)23-10-5-8-20(26)25-11-9-17-6-3-4-7-19(17)25/h3-4,6-7,12-14H,5,8-11H2,1-2H3,(H3,22,23,24). The molecule has 5 nitrogen and oxygen atoms in total. The van der Waals surface area contributed by atoms with Gasteiger partial charge in [0.15, 0.2) is 5.96 Å². The molecule has 3 rings (SSSR count). The maximum atomic E-state index is 12.4. The molecule has 1 aliphatic rings. The number of aryl methyl sites for hydroxylation is 2. The largest absolute Gasteiger partial charge is 0.370 e. The summed E-state index contributed by atoms with van der Waals surface area (Å²) in [6.07, 6.45) is 2.11. The highest BCUT2D eigenvalue weighted by Gasteiger charge is 2.23. The van der Waals surface area contributed by atoms with Crippen molar-refractivity contribution in [3.05, 3.63) is 59.2 Å². The Morgan fingerprint density at radius 3 is 2.69 bits per heavy atom. The van der Waals surface area contributed by atoms with Crippen molar-refractivity contribution < 1.29 is 4.79 Å². The molecule has 0 spiro atoms. The van der Waals surface area contributed by atoms with Crippen molar-refractivity contribution in [1.29, 1.82) is 0 Å². The summed E-state index contributed by atoms with van der Waals surface area (Å²) in [6.45, 7) is 5.41. The Balaban J connectivity index is 1.47. The van der Waals surface area contributed by atoms with Crippen molar-refractivity contribution in [1.82, 2.24) is 0 Å². The minimum absolute atomic E-state index is 0.158. The predicted molar refractivity (Wildman–Crippen MR) is 108 cm³/mol. The van der Waals surface area contributed by atoms with Gasteiger partial charge < -0.3 is 16.0 Å². The summed E-state index contributed by atoms with van der Waals surface area (Å²) in [7, 11) is 0. The number of aliphatic imine (C=N–C) groups is 1. The quantitative estimate of drug-likeness (QED) is 0.493. The molecule has 1 heterocycles. The van der Waals surface area contributed by atoms with Crippen molar-refractivity contribution in [3.8, 4) is 0 Å². The average molecular weight is 350 g/mol. The topological polar surface area (TPSA) is 70.7 Å². The van der Waals surface area contributed by atoms with Crippen molar-refractivity contribution in [3.63, 3.8) is 0 Å². The smallest absolute Gasteiger partial charge is 0.227 e. The summed E-state index contributed by atoms with van der Waals surface area (Å²) in [4.78, 5) is 18.7. The average Bonchev–Trinajstić information content (AvgIpc) is 3.02. The lowest BCUT2D eigenvalue weighted by Gasteiger charge is -2.17. The molecule has 0 aliphatic carbocycles. The van der Waals surface area contributed by atoms with E-state index < -0.39 is 0 Å². The second-order valence-electron chi connectivity index (χ2n) is 6.80. The summed E-state index contributed by atoms with van der Waals surface area (Å²) in [5.41, 5.74) is 11.5. The van der Waals surface area contributed by atoms with Crippen LogP contribution in [0, 0.1) is 13.8 Å². The number of amides is 1. The summed E-state index contributed by atoms with van der Waals surface area (Å²) >= 11 is 0. The normalized spacial score (nSPS) is 13.6. The van der Waals surface area contributed by atoms with Crippen LogP contribution in [0.4, 0.5) is 11.4 Å². The van der Waals surface area contributed by atoms with E-state index in [-0.39, 0.29) is 5.91 Å². The van der Waals surface area contributed by atoms with Gasteiger partial charge in [-0.05, 0) is 61.6 Å². The highest BCUT2D eigenvalue weighted by Crippen LogP contribution is 2.28. The third-order valence-electron chi connectivity index (χ3n) is 4.51. The van der Waals surface area contributed by atoms with Crippen LogP contribution in [-0.4, -0.2) is 25.0 Å². The summed E-state index contributed by atoms with van der Waals surface area (Å²) in [6, 6.07) is 14.3. The SMILES string of the molecule is Cc1cc(C)cc(NC(N)=NCCCC(=O)N2CCc3ccccc32)c1. The molecule has 0 saturated carbocycles. The second-order valence-corrected chi connectivity index (χ2v) is 6.80. The summed E-state index contributed by atoms with van der Waals surface area (Å²) in [5.74, 6) is 0.542. The number of hydrogen-bond acceptors (Lipinski definition) is 2. The van der Waals surface area contributed by atoms with E-state index >= 15 is 0 Å². The number of nitrogens with one attached hydrogen (secondary N) is 1. The zero-order chi connectivity index (χ0) is 18.5. The van der Waals surface area contributed by atoms with Crippen molar-refractivity contribution in [2.75, 3.05) is 23.3 Å². The van der Waals surface area contributed by atoms with Crippen LogP contribution in [-0.2, 0) is 11.2 Å². The second kappa shape index (κ2) is 8.04. The molecule has 0 aromatic heterocycles. The number of guanidine groups is 1. The predicted octanol–water partition coefficient (Wildman–Crippen LogP) is 3.40. The Labute approximate surface area is 154 Å². The van der Waals surface area contributed by atoms with Crippen LogP contribution < -0.4 is 16.0 Å². The number of para-hydroxylation sites is 1. The Hall–Kier alpha value is -2.82. The number of nitrogens with zero attached hydrogens (tertiary/aromatic N) is 2.